The van der Waals surface area contributed by atoms with Crippen molar-refractivity contribution in [2.45, 2.75) is 23.8 Å². The molecule has 1 heterocycles. The van der Waals surface area contributed by atoms with Gasteiger partial charge < -0.3 is 9.64 Å². The largest absolute Gasteiger partial charge is 0.381 e. The molecular formula is C24H26N2O3S. The lowest BCUT2D eigenvalue weighted by molar-refractivity contribution is 0.0819. The summed E-state index contributed by atoms with van der Waals surface area (Å²) in [5, 5.41) is 0. The molecule has 5 nitrogen and oxygen atoms in total. The Morgan fingerprint density at radius 1 is 0.867 bits per heavy atom. The number of nitrogens with one attached hydrogen (secondary N) is 1. The van der Waals surface area contributed by atoms with Crippen LogP contribution in [0.15, 0.2) is 83.8 Å². The SMILES string of the molecule is COC1CCN(c2ccc(NS(=O)(=O)c3cccc(-c4ccccc4)c3)cc2)CC1. The zero-order valence-corrected chi connectivity index (χ0v) is 17.8. The van der Waals surface area contributed by atoms with Crippen LogP contribution in [0.25, 0.3) is 11.1 Å². The van der Waals surface area contributed by atoms with Crippen molar-refractivity contribution in [3.8, 4) is 11.1 Å². The van der Waals surface area contributed by atoms with Crippen LogP contribution < -0.4 is 9.62 Å². The first-order valence-electron chi connectivity index (χ1n) is 10.1. The van der Waals surface area contributed by atoms with E-state index in [4.69, 9.17) is 4.74 Å². The van der Waals surface area contributed by atoms with Gasteiger partial charge in [0.2, 0.25) is 0 Å². The summed E-state index contributed by atoms with van der Waals surface area (Å²) in [7, 11) is -1.91. The van der Waals surface area contributed by atoms with E-state index in [1.807, 2.05) is 60.7 Å². The molecule has 1 aliphatic heterocycles. The second kappa shape index (κ2) is 8.90. The minimum absolute atomic E-state index is 0.245. The highest BCUT2D eigenvalue weighted by molar-refractivity contribution is 7.92. The third kappa shape index (κ3) is 4.66. The van der Waals surface area contributed by atoms with Gasteiger partial charge in [0.05, 0.1) is 11.0 Å². The second-order valence-electron chi connectivity index (χ2n) is 7.47. The molecule has 1 N–H and O–H groups in total. The van der Waals surface area contributed by atoms with Crippen LogP contribution in [0.4, 0.5) is 11.4 Å². The Labute approximate surface area is 178 Å². The number of rotatable bonds is 6. The lowest BCUT2D eigenvalue weighted by atomic mass is 10.1. The molecule has 4 rings (SSSR count). The molecule has 0 saturated carbocycles. The molecule has 0 amide bonds. The smallest absolute Gasteiger partial charge is 0.261 e. The van der Waals surface area contributed by atoms with E-state index in [0.717, 1.165) is 42.7 Å². The fourth-order valence-corrected chi connectivity index (χ4v) is 4.88. The fourth-order valence-electron chi connectivity index (χ4n) is 3.78. The van der Waals surface area contributed by atoms with Crippen molar-refractivity contribution in [3.05, 3.63) is 78.9 Å². The van der Waals surface area contributed by atoms with Crippen LogP contribution in [-0.4, -0.2) is 34.7 Å². The topological polar surface area (TPSA) is 58.6 Å². The first-order chi connectivity index (χ1) is 14.5. The molecule has 1 saturated heterocycles. The number of piperidine rings is 1. The summed E-state index contributed by atoms with van der Waals surface area (Å²) < 4.78 is 33.9. The van der Waals surface area contributed by atoms with Gasteiger partial charge in [-0.05, 0) is 60.4 Å². The van der Waals surface area contributed by atoms with Crippen LogP contribution in [0.3, 0.4) is 0 Å². The van der Waals surface area contributed by atoms with E-state index in [9.17, 15) is 8.42 Å². The van der Waals surface area contributed by atoms with Gasteiger partial charge >= 0.3 is 0 Å². The van der Waals surface area contributed by atoms with Gasteiger partial charge in [-0.3, -0.25) is 4.72 Å². The number of methoxy groups -OCH3 is 1. The average molecular weight is 423 g/mol. The van der Waals surface area contributed by atoms with Crippen molar-refractivity contribution < 1.29 is 13.2 Å². The molecule has 0 aromatic heterocycles. The molecule has 0 atom stereocenters. The Kier molecular flexibility index (Phi) is 6.06. The maximum absolute atomic E-state index is 12.9. The van der Waals surface area contributed by atoms with Gasteiger partial charge in [0, 0.05) is 31.6 Å². The second-order valence-corrected chi connectivity index (χ2v) is 9.15. The van der Waals surface area contributed by atoms with Crippen molar-refractivity contribution in [1.82, 2.24) is 0 Å². The standard InChI is InChI=1S/C24H26N2O3S/c1-29-23-14-16-26(17-15-23)22-12-10-21(11-13-22)25-30(27,28)24-9-5-8-20(18-24)19-6-3-2-4-7-19/h2-13,18,23,25H,14-17H2,1H3. The van der Waals surface area contributed by atoms with Crippen molar-refractivity contribution >= 4 is 21.4 Å². The summed E-state index contributed by atoms with van der Waals surface area (Å²) in [4.78, 5) is 2.55. The summed E-state index contributed by atoms with van der Waals surface area (Å²) >= 11 is 0. The van der Waals surface area contributed by atoms with E-state index in [1.165, 1.54) is 0 Å². The molecule has 6 heteroatoms. The van der Waals surface area contributed by atoms with Crippen LogP contribution in [0.2, 0.25) is 0 Å². The van der Waals surface area contributed by atoms with Crippen molar-refractivity contribution in [2.75, 3.05) is 29.8 Å². The summed E-state index contributed by atoms with van der Waals surface area (Å²) in [6, 6.07) is 24.3. The molecule has 30 heavy (non-hydrogen) atoms. The molecule has 0 spiro atoms. The maximum atomic E-state index is 12.9. The normalized spacial score (nSPS) is 15.2. The Bertz CT molecular complexity index is 1070. The van der Waals surface area contributed by atoms with Gasteiger partial charge in [0.1, 0.15) is 0 Å². The Balaban J connectivity index is 1.47. The van der Waals surface area contributed by atoms with Gasteiger partial charge in [0.25, 0.3) is 10.0 Å². The van der Waals surface area contributed by atoms with Gasteiger partial charge in [0.15, 0.2) is 0 Å². The van der Waals surface area contributed by atoms with Crippen LogP contribution in [0.5, 0.6) is 0 Å². The number of hydrogen-bond acceptors (Lipinski definition) is 4. The Hall–Kier alpha value is -2.83. The van der Waals surface area contributed by atoms with Gasteiger partial charge in [-0.2, -0.15) is 0 Å². The highest BCUT2D eigenvalue weighted by Crippen LogP contribution is 2.26. The van der Waals surface area contributed by atoms with E-state index in [-0.39, 0.29) is 4.90 Å². The molecule has 1 fully saturated rings. The van der Waals surface area contributed by atoms with Crippen molar-refractivity contribution in [3.63, 3.8) is 0 Å². The van der Waals surface area contributed by atoms with E-state index >= 15 is 0 Å². The van der Waals surface area contributed by atoms with E-state index in [1.54, 1.807) is 25.3 Å². The number of benzene rings is 3. The van der Waals surface area contributed by atoms with Crippen LogP contribution in [0, 0.1) is 0 Å². The minimum Gasteiger partial charge on any atom is -0.381 e. The summed E-state index contributed by atoms with van der Waals surface area (Å²) in [5.41, 5.74) is 3.50. The summed E-state index contributed by atoms with van der Waals surface area (Å²) in [5.74, 6) is 0. The molecule has 156 valence electrons. The lowest BCUT2D eigenvalue weighted by Crippen LogP contribution is -2.36. The van der Waals surface area contributed by atoms with E-state index in [0.29, 0.717) is 11.8 Å². The number of hydrogen-bond donors (Lipinski definition) is 1. The highest BCUT2D eigenvalue weighted by atomic mass is 32.2. The quantitative estimate of drug-likeness (QED) is 0.622. The van der Waals surface area contributed by atoms with E-state index in [2.05, 4.69) is 9.62 Å². The minimum atomic E-state index is -3.67. The number of sulfonamides is 1. The van der Waals surface area contributed by atoms with Crippen molar-refractivity contribution in [1.29, 1.82) is 0 Å². The zero-order chi connectivity index (χ0) is 21.0. The van der Waals surface area contributed by atoms with Crippen LogP contribution >= 0.6 is 0 Å². The maximum Gasteiger partial charge on any atom is 0.261 e. The summed E-state index contributed by atoms with van der Waals surface area (Å²) in [6.07, 6.45) is 2.34. The van der Waals surface area contributed by atoms with Gasteiger partial charge in [-0.1, -0.05) is 42.5 Å². The molecule has 3 aromatic rings. The third-order valence-corrected chi connectivity index (χ3v) is 6.89. The molecule has 3 aromatic carbocycles. The molecule has 0 bridgehead atoms. The predicted molar refractivity (Wildman–Crippen MR) is 121 cm³/mol. The van der Waals surface area contributed by atoms with Crippen LogP contribution in [-0.2, 0) is 14.8 Å². The molecular weight excluding hydrogens is 396 g/mol. The van der Waals surface area contributed by atoms with E-state index < -0.39 is 10.0 Å². The first kappa shape index (κ1) is 20.4. The summed E-state index contributed by atoms with van der Waals surface area (Å²) in [6.45, 7) is 1.88. The predicted octanol–water partition coefficient (Wildman–Crippen LogP) is 4.77. The van der Waals surface area contributed by atoms with Crippen LogP contribution in [0.1, 0.15) is 12.8 Å². The van der Waals surface area contributed by atoms with Gasteiger partial charge in [-0.25, -0.2) is 8.42 Å². The van der Waals surface area contributed by atoms with Gasteiger partial charge in [-0.15, -0.1) is 0 Å². The average Bonchev–Trinajstić information content (AvgIpc) is 2.80. The molecule has 0 aliphatic carbocycles. The first-order valence-corrected chi connectivity index (χ1v) is 11.6. The fraction of sp³-hybridized carbons (Fsp3) is 0.250. The Morgan fingerprint density at radius 2 is 1.53 bits per heavy atom. The number of anilines is 2. The van der Waals surface area contributed by atoms with Crippen molar-refractivity contribution in [2.24, 2.45) is 0 Å². The number of ether oxygens (including phenoxy) is 1. The molecule has 0 unspecified atom stereocenters. The highest BCUT2D eigenvalue weighted by Gasteiger charge is 2.19. The third-order valence-electron chi connectivity index (χ3n) is 5.51. The molecule has 0 radical (unpaired) electrons. The monoisotopic (exact) mass is 422 g/mol. The number of nitrogens with zero attached hydrogens (tertiary/aromatic N) is 1. The molecule has 1 aliphatic rings. The lowest BCUT2D eigenvalue weighted by Gasteiger charge is -2.33. The Morgan fingerprint density at radius 3 is 2.20 bits per heavy atom. The zero-order valence-electron chi connectivity index (χ0n) is 17.0.